The molecule has 2 aliphatic rings. The molecule has 31 heavy (non-hydrogen) atoms. The van der Waals surface area contributed by atoms with Gasteiger partial charge in [-0.25, -0.2) is 22.4 Å². The number of fused-ring (bicyclic) bond motifs is 1. The lowest BCUT2D eigenvalue weighted by Gasteiger charge is -2.21. The van der Waals surface area contributed by atoms with E-state index in [1.54, 1.807) is 0 Å². The van der Waals surface area contributed by atoms with Crippen molar-refractivity contribution in [2.45, 2.75) is 24.7 Å². The SMILES string of the molecule is O=C(NC1NOc2cc(C(F)(F)F)cc(-c3c(F)cccc3F)c21)N1CCC(F)(F)C1. The Kier molecular flexibility index (Phi) is 4.99. The van der Waals surface area contributed by atoms with Gasteiger partial charge in [-0.05, 0) is 29.8 Å². The first-order valence-electron chi connectivity index (χ1n) is 9.01. The molecule has 0 spiro atoms. The monoisotopic (exact) mass is 449 g/mol. The van der Waals surface area contributed by atoms with Crippen molar-refractivity contribution < 1.29 is 40.4 Å². The minimum atomic E-state index is -4.85. The molecule has 1 unspecified atom stereocenters. The smallest absolute Gasteiger partial charge is 0.406 e. The first kappa shape index (κ1) is 21.2. The van der Waals surface area contributed by atoms with Crippen LogP contribution in [0.25, 0.3) is 11.1 Å². The summed E-state index contributed by atoms with van der Waals surface area (Å²) >= 11 is 0. The number of urea groups is 1. The summed E-state index contributed by atoms with van der Waals surface area (Å²) < 4.78 is 95.5. The van der Waals surface area contributed by atoms with E-state index in [1.165, 1.54) is 0 Å². The third kappa shape index (κ3) is 3.99. The fourth-order valence-electron chi connectivity index (χ4n) is 3.54. The molecule has 166 valence electrons. The Balaban J connectivity index is 1.76. The van der Waals surface area contributed by atoms with Gasteiger partial charge in [-0.2, -0.15) is 13.2 Å². The maximum Gasteiger partial charge on any atom is 0.416 e. The Morgan fingerprint density at radius 2 is 1.87 bits per heavy atom. The average Bonchev–Trinajstić information content (AvgIpc) is 3.24. The fourth-order valence-corrected chi connectivity index (χ4v) is 3.54. The highest BCUT2D eigenvalue weighted by molar-refractivity contribution is 5.78. The van der Waals surface area contributed by atoms with Gasteiger partial charge in [0, 0.05) is 18.5 Å². The van der Waals surface area contributed by atoms with Gasteiger partial charge in [0.05, 0.1) is 17.7 Å². The molecule has 0 saturated carbocycles. The summed E-state index contributed by atoms with van der Waals surface area (Å²) in [7, 11) is 0. The molecule has 0 aliphatic carbocycles. The van der Waals surface area contributed by atoms with Crippen LogP contribution in [0, 0.1) is 11.6 Å². The second-order valence-electron chi connectivity index (χ2n) is 7.16. The molecule has 2 heterocycles. The van der Waals surface area contributed by atoms with Crippen LogP contribution in [0.1, 0.15) is 23.7 Å². The van der Waals surface area contributed by atoms with E-state index in [0.717, 1.165) is 23.1 Å². The highest BCUT2D eigenvalue weighted by Gasteiger charge is 2.42. The van der Waals surface area contributed by atoms with Gasteiger partial charge in [0.2, 0.25) is 0 Å². The molecule has 12 heteroatoms. The van der Waals surface area contributed by atoms with Gasteiger partial charge in [-0.15, -0.1) is 5.48 Å². The molecular weight excluding hydrogens is 435 g/mol. The van der Waals surface area contributed by atoms with Crippen LogP contribution in [0.15, 0.2) is 30.3 Å². The summed E-state index contributed by atoms with van der Waals surface area (Å²) in [5, 5.41) is 2.31. The molecule has 2 amide bonds. The maximum atomic E-state index is 14.4. The van der Waals surface area contributed by atoms with Gasteiger partial charge in [0.25, 0.3) is 5.92 Å². The number of rotatable bonds is 2. The van der Waals surface area contributed by atoms with E-state index >= 15 is 0 Å². The zero-order valence-corrected chi connectivity index (χ0v) is 15.5. The van der Waals surface area contributed by atoms with Crippen molar-refractivity contribution >= 4 is 6.03 Å². The van der Waals surface area contributed by atoms with E-state index in [2.05, 4.69) is 10.8 Å². The van der Waals surface area contributed by atoms with E-state index in [1.807, 2.05) is 0 Å². The summed E-state index contributed by atoms with van der Waals surface area (Å²) in [4.78, 5) is 18.2. The van der Waals surface area contributed by atoms with Crippen LogP contribution in [0.2, 0.25) is 0 Å². The van der Waals surface area contributed by atoms with Gasteiger partial charge in [0.1, 0.15) is 17.8 Å². The highest BCUT2D eigenvalue weighted by atomic mass is 19.4. The Morgan fingerprint density at radius 1 is 1.19 bits per heavy atom. The van der Waals surface area contributed by atoms with Crippen molar-refractivity contribution in [2.24, 2.45) is 0 Å². The third-order valence-electron chi connectivity index (χ3n) is 5.00. The van der Waals surface area contributed by atoms with E-state index in [4.69, 9.17) is 4.84 Å². The number of amides is 2. The number of hydrogen-bond acceptors (Lipinski definition) is 3. The summed E-state index contributed by atoms with van der Waals surface area (Å²) in [5.41, 5.74) is -0.373. The standard InChI is InChI=1S/C19H14F7N3O2/c20-11-2-1-3-12(21)14(11)10-6-9(19(24,25)26)7-13-15(10)16(28-31-13)27-17(30)29-5-4-18(22,23)8-29/h1-3,6-7,16,28H,4-5,8H2,(H,27,30). The molecule has 0 bridgehead atoms. The topological polar surface area (TPSA) is 53.6 Å². The van der Waals surface area contributed by atoms with Gasteiger partial charge in [0.15, 0.2) is 5.75 Å². The maximum absolute atomic E-state index is 14.4. The van der Waals surface area contributed by atoms with Crippen molar-refractivity contribution in [2.75, 3.05) is 13.1 Å². The molecule has 4 rings (SSSR count). The number of benzene rings is 2. The fraction of sp³-hybridized carbons (Fsp3) is 0.316. The summed E-state index contributed by atoms with van der Waals surface area (Å²) in [6, 6.07) is 3.00. The first-order chi connectivity index (χ1) is 14.5. The average molecular weight is 449 g/mol. The molecule has 2 aliphatic heterocycles. The van der Waals surface area contributed by atoms with Crippen LogP contribution < -0.4 is 15.6 Å². The Hall–Kier alpha value is -3.02. The molecule has 0 radical (unpaired) electrons. The molecule has 2 aromatic rings. The number of halogens is 7. The van der Waals surface area contributed by atoms with Crippen molar-refractivity contribution in [3.05, 3.63) is 53.1 Å². The molecule has 1 fully saturated rings. The van der Waals surface area contributed by atoms with Gasteiger partial charge in [-0.3, -0.25) is 0 Å². The predicted octanol–water partition coefficient (Wildman–Crippen LogP) is 4.60. The van der Waals surface area contributed by atoms with Crippen LogP contribution in [0.5, 0.6) is 5.75 Å². The van der Waals surface area contributed by atoms with E-state index in [0.29, 0.717) is 12.1 Å². The van der Waals surface area contributed by atoms with Crippen molar-refractivity contribution in [1.82, 2.24) is 15.7 Å². The Morgan fingerprint density at radius 3 is 2.45 bits per heavy atom. The number of likely N-dealkylation sites (tertiary alicyclic amines) is 1. The number of nitrogens with one attached hydrogen (secondary N) is 2. The van der Waals surface area contributed by atoms with Crippen LogP contribution in [0.4, 0.5) is 35.5 Å². The highest BCUT2D eigenvalue weighted by Crippen LogP contribution is 2.44. The zero-order valence-electron chi connectivity index (χ0n) is 15.5. The molecule has 5 nitrogen and oxygen atoms in total. The number of carbonyl (C=O) groups is 1. The normalized spacial score (nSPS) is 19.8. The largest absolute Gasteiger partial charge is 0.416 e. The van der Waals surface area contributed by atoms with Crippen molar-refractivity contribution in [1.29, 1.82) is 0 Å². The Labute approximate surface area is 170 Å². The summed E-state index contributed by atoms with van der Waals surface area (Å²) in [6.07, 6.45) is -6.73. The second-order valence-corrected chi connectivity index (χ2v) is 7.16. The molecule has 2 N–H and O–H groups in total. The lowest BCUT2D eigenvalue weighted by molar-refractivity contribution is -0.137. The van der Waals surface area contributed by atoms with E-state index in [-0.39, 0.29) is 12.1 Å². The van der Waals surface area contributed by atoms with Gasteiger partial charge >= 0.3 is 12.2 Å². The Bertz CT molecular complexity index is 1020. The van der Waals surface area contributed by atoms with Gasteiger partial charge in [-0.1, -0.05) is 6.07 Å². The minimum absolute atomic E-state index is 0.170. The third-order valence-corrected chi connectivity index (χ3v) is 5.00. The summed E-state index contributed by atoms with van der Waals surface area (Å²) in [5.74, 6) is -5.72. The van der Waals surface area contributed by atoms with Gasteiger partial charge < -0.3 is 15.1 Å². The molecule has 1 saturated heterocycles. The van der Waals surface area contributed by atoms with Crippen LogP contribution in [-0.2, 0) is 6.18 Å². The van der Waals surface area contributed by atoms with Crippen LogP contribution in [0.3, 0.4) is 0 Å². The predicted molar refractivity (Wildman–Crippen MR) is 93.0 cm³/mol. The second kappa shape index (κ2) is 7.29. The first-order valence-corrected chi connectivity index (χ1v) is 9.01. The zero-order chi connectivity index (χ0) is 22.6. The lowest BCUT2D eigenvalue weighted by Crippen LogP contribution is -2.44. The van der Waals surface area contributed by atoms with Crippen molar-refractivity contribution in [3.8, 4) is 16.9 Å². The number of hydrogen-bond donors (Lipinski definition) is 2. The van der Waals surface area contributed by atoms with Crippen LogP contribution in [-0.4, -0.2) is 29.9 Å². The number of carbonyl (C=O) groups excluding carboxylic acids is 1. The number of nitrogens with zero attached hydrogens (tertiary/aromatic N) is 1. The van der Waals surface area contributed by atoms with Crippen molar-refractivity contribution in [3.63, 3.8) is 0 Å². The number of hydroxylamine groups is 1. The lowest BCUT2D eigenvalue weighted by atomic mass is 9.94. The van der Waals surface area contributed by atoms with E-state index < -0.39 is 71.3 Å². The molecule has 1 atom stereocenters. The molecular formula is C19H14F7N3O2. The van der Waals surface area contributed by atoms with Crippen LogP contribution >= 0.6 is 0 Å². The number of alkyl halides is 5. The van der Waals surface area contributed by atoms with E-state index in [9.17, 15) is 35.5 Å². The summed E-state index contributed by atoms with van der Waals surface area (Å²) in [6.45, 7) is -1.07. The quantitative estimate of drug-likeness (QED) is 0.660. The minimum Gasteiger partial charge on any atom is -0.406 e. The molecule has 0 aromatic heterocycles. The molecule has 2 aromatic carbocycles.